The molecule has 0 radical (unpaired) electrons. The third kappa shape index (κ3) is 6.19. The average Bonchev–Trinajstić information content (AvgIpc) is 3.20. The van der Waals surface area contributed by atoms with E-state index < -0.39 is 0 Å². The number of carbonyl (C=O) groups is 2. The Bertz CT molecular complexity index is 611. The first-order valence-electron chi connectivity index (χ1n) is 9.59. The molecule has 2 saturated heterocycles. The van der Waals surface area contributed by atoms with E-state index in [1.807, 2.05) is 11.9 Å². The van der Waals surface area contributed by atoms with Crippen LogP contribution in [0.1, 0.15) is 42.5 Å². The van der Waals surface area contributed by atoms with E-state index in [0.29, 0.717) is 31.1 Å². The predicted octanol–water partition coefficient (Wildman–Crippen LogP) is 2.69. The Morgan fingerprint density at radius 3 is 2.52 bits per heavy atom. The molecule has 0 aliphatic carbocycles. The van der Waals surface area contributed by atoms with Gasteiger partial charge in [0.05, 0.1) is 0 Å². The molecule has 1 unspecified atom stereocenters. The van der Waals surface area contributed by atoms with Gasteiger partial charge in [-0.1, -0.05) is 0 Å². The molecule has 2 amide bonds. The maximum Gasteiger partial charge on any atom is 0.253 e. The van der Waals surface area contributed by atoms with E-state index in [4.69, 9.17) is 4.74 Å². The second-order valence-electron chi connectivity index (χ2n) is 7.28. The van der Waals surface area contributed by atoms with Crippen LogP contribution >= 0.6 is 12.4 Å². The molecule has 6 nitrogen and oxygen atoms in total. The molecule has 2 aliphatic rings. The lowest BCUT2D eigenvalue weighted by Gasteiger charge is -2.31. The molecule has 0 saturated carbocycles. The Kier molecular flexibility index (Phi) is 8.54. The molecule has 1 aromatic rings. The van der Waals surface area contributed by atoms with Crippen LogP contribution in [0.25, 0.3) is 0 Å². The highest BCUT2D eigenvalue weighted by molar-refractivity contribution is 5.95. The van der Waals surface area contributed by atoms with E-state index in [1.165, 1.54) is 0 Å². The number of benzene rings is 1. The van der Waals surface area contributed by atoms with Gasteiger partial charge in [-0.3, -0.25) is 9.59 Å². The quantitative estimate of drug-likeness (QED) is 0.776. The van der Waals surface area contributed by atoms with Crippen LogP contribution in [0.2, 0.25) is 0 Å². The van der Waals surface area contributed by atoms with Gasteiger partial charge in [-0.05, 0) is 69.0 Å². The molecule has 150 valence electrons. The Balaban J connectivity index is 0.00000261. The van der Waals surface area contributed by atoms with Gasteiger partial charge in [0.2, 0.25) is 5.91 Å². The summed E-state index contributed by atoms with van der Waals surface area (Å²) in [5.74, 6) is 0.667. The van der Waals surface area contributed by atoms with Gasteiger partial charge in [0.25, 0.3) is 5.91 Å². The van der Waals surface area contributed by atoms with Crippen molar-refractivity contribution in [2.45, 2.75) is 38.1 Å². The number of hydrogen-bond donors (Lipinski definition) is 2. The summed E-state index contributed by atoms with van der Waals surface area (Å²) in [7, 11) is 1.85. The summed E-state index contributed by atoms with van der Waals surface area (Å²) in [5, 5.41) is 6.24. The largest absolute Gasteiger partial charge is 0.381 e. The van der Waals surface area contributed by atoms with Crippen molar-refractivity contribution in [3.05, 3.63) is 29.8 Å². The average molecular weight is 396 g/mol. The van der Waals surface area contributed by atoms with Crippen LogP contribution in [0.15, 0.2) is 24.3 Å². The molecule has 1 aromatic carbocycles. The summed E-state index contributed by atoms with van der Waals surface area (Å²) in [6.45, 7) is 3.50. The maximum atomic E-state index is 12.6. The first-order valence-corrected chi connectivity index (χ1v) is 9.59. The molecule has 2 N–H and O–H groups in total. The molecule has 0 spiro atoms. The fourth-order valence-corrected chi connectivity index (χ4v) is 3.66. The third-order valence-corrected chi connectivity index (χ3v) is 5.42. The summed E-state index contributed by atoms with van der Waals surface area (Å²) in [5.41, 5.74) is 1.39. The number of amides is 2. The van der Waals surface area contributed by atoms with Gasteiger partial charge in [-0.2, -0.15) is 0 Å². The summed E-state index contributed by atoms with van der Waals surface area (Å²) in [4.78, 5) is 26.5. The Morgan fingerprint density at radius 2 is 1.89 bits per heavy atom. The minimum Gasteiger partial charge on any atom is -0.381 e. The Labute approximate surface area is 167 Å². The topological polar surface area (TPSA) is 70.7 Å². The number of anilines is 1. The van der Waals surface area contributed by atoms with E-state index >= 15 is 0 Å². The van der Waals surface area contributed by atoms with Gasteiger partial charge in [0.15, 0.2) is 0 Å². The van der Waals surface area contributed by atoms with E-state index in [9.17, 15) is 9.59 Å². The van der Waals surface area contributed by atoms with Crippen LogP contribution in [0.3, 0.4) is 0 Å². The SMILES string of the molecule is CN(C(=O)c1ccc(NC(=O)CCC2CCNC2)cc1)C1CCOCC1.Cl. The fourth-order valence-electron chi connectivity index (χ4n) is 3.66. The highest BCUT2D eigenvalue weighted by Gasteiger charge is 2.23. The molecular formula is C20H30ClN3O3. The number of ether oxygens (including phenoxy) is 1. The summed E-state index contributed by atoms with van der Waals surface area (Å²) >= 11 is 0. The number of rotatable bonds is 6. The molecule has 2 aliphatic heterocycles. The summed E-state index contributed by atoms with van der Waals surface area (Å²) in [6, 6.07) is 7.42. The second kappa shape index (κ2) is 10.6. The maximum absolute atomic E-state index is 12.6. The van der Waals surface area contributed by atoms with Crippen LogP contribution in [0, 0.1) is 5.92 Å². The standard InChI is InChI=1S/C20H29N3O3.ClH/c1-23(18-9-12-26-13-10-18)20(25)16-3-5-17(6-4-16)22-19(24)7-2-15-8-11-21-14-15;/h3-6,15,18,21H,2,7-14H2,1H3,(H,22,24);1H. The zero-order chi connectivity index (χ0) is 18.4. The number of hydrogen-bond acceptors (Lipinski definition) is 4. The first kappa shape index (κ1) is 21.7. The number of nitrogens with zero attached hydrogens (tertiary/aromatic N) is 1. The summed E-state index contributed by atoms with van der Waals surface area (Å²) < 4.78 is 5.36. The van der Waals surface area contributed by atoms with Gasteiger partial charge < -0.3 is 20.3 Å². The molecule has 1 atom stereocenters. The van der Waals surface area contributed by atoms with Crippen LogP contribution < -0.4 is 10.6 Å². The molecule has 2 heterocycles. The molecule has 0 bridgehead atoms. The van der Waals surface area contributed by atoms with Crippen LogP contribution in [0.4, 0.5) is 5.69 Å². The van der Waals surface area contributed by atoms with Gasteiger partial charge >= 0.3 is 0 Å². The fraction of sp³-hybridized carbons (Fsp3) is 0.600. The summed E-state index contributed by atoms with van der Waals surface area (Å²) in [6.07, 6.45) is 4.38. The highest BCUT2D eigenvalue weighted by atomic mass is 35.5. The zero-order valence-electron chi connectivity index (χ0n) is 15.9. The van der Waals surface area contributed by atoms with Crippen molar-refractivity contribution in [2.75, 3.05) is 38.7 Å². The molecule has 0 aromatic heterocycles. The number of nitrogens with one attached hydrogen (secondary N) is 2. The van der Waals surface area contributed by atoms with Crippen LogP contribution in [-0.2, 0) is 9.53 Å². The lowest BCUT2D eigenvalue weighted by molar-refractivity contribution is -0.116. The number of halogens is 1. The van der Waals surface area contributed by atoms with Crippen molar-refractivity contribution >= 4 is 29.9 Å². The second-order valence-corrected chi connectivity index (χ2v) is 7.28. The lowest BCUT2D eigenvalue weighted by atomic mass is 10.0. The minimum absolute atomic E-state index is 0. The van der Waals surface area contributed by atoms with Crippen molar-refractivity contribution in [3.63, 3.8) is 0 Å². The van der Waals surface area contributed by atoms with Crippen molar-refractivity contribution in [2.24, 2.45) is 5.92 Å². The lowest BCUT2D eigenvalue weighted by Crippen LogP contribution is -2.40. The van der Waals surface area contributed by atoms with E-state index in [-0.39, 0.29) is 30.3 Å². The van der Waals surface area contributed by atoms with Crippen molar-refractivity contribution in [1.82, 2.24) is 10.2 Å². The molecule has 2 fully saturated rings. The van der Waals surface area contributed by atoms with Gasteiger partial charge in [-0.25, -0.2) is 0 Å². The Hall–Kier alpha value is -1.63. The molecule has 7 heteroatoms. The normalized spacial score (nSPS) is 20.0. The van der Waals surface area contributed by atoms with Gasteiger partial charge in [-0.15, -0.1) is 12.4 Å². The first-order chi connectivity index (χ1) is 12.6. The van der Waals surface area contributed by atoms with Crippen LogP contribution in [0.5, 0.6) is 0 Å². The minimum atomic E-state index is 0. The van der Waals surface area contributed by atoms with E-state index in [0.717, 1.165) is 44.5 Å². The van der Waals surface area contributed by atoms with Crippen LogP contribution in [-0.4, -0.2) is 56.1 Å². The molecule has 27 heavy (non-hydrogen) atoms. The Morgan fingerprint density at radius 1 is 1.19 bits per heavy atom. The molecular weight excluding hydrogens is 366 g/mol. The predicted molar refractivity (Wildman–Crippen MR) is 108 cm³/mol. The zero-order valence-corrected chi connectivity index (χ0v) is 16.7. The van der Waals surface area contributed by atoms with Crippen molar-refractivity contribution in [3.8, 4) is 0 Å². The monoisotopic (exact) mass is 395 g/mol. The van der Waals surface area contributed by atoms with E-state index in [2.05, 4.69) is 10.6 Å². The van der Waals surface area contributed by atoms with Crippen molar-refractivity contribution in [1.29, 1.82) is 0 Å². The highest BCUT2D eigenvalue weighted by Crippen LogP contribution is 2.18. The van der Waals surface area contributed by atoms with Gasteiger partial charge in [0.1, 0.15) is 0 Å². The number of carbonyl (C=O) groups excluding carboxylic acids is 2. The smallest absolute Gasteiger partial charge is 0.253 e. The molecule has 3 rings (SSSR count). The van der Waals surface area contributed by atoms with Crippen molar-refractivity contribution < 1.29 is 14.3 Å². The third-order valence-electron chi connectivity index (χ3n) is 5.42. The van der Waals surface area contributed by atoms with Gasteiger partial charge in [0, 0.05) is 44.0 Å². The van der Waals surface area contributed by atoms with E-state index in [1.54, 1.807) is 24.3 Å².